The molecule has 0 unspecified atom stereocenters. The molecule has 0 aliphatic heterocycles. The maximum absolute atomic E-state index is 12.9. The maximum Gasteiger partial charge on any atom is 0.231 e. The molecule has 6 heteroatoms. The summed E-state index contributed by atoms with van der Waals surface area (Å²) in [5, 5.41) is 3.76. The monoisotopic (exact) mass is 404 g/mol. The van der Waals surface area contributed by atoms with Gasteiger partial charge >= 0.3 is 0 Å². The maximum atomic E-state index is 12.9. The van der Waals surface area contributed by atoms with E-state index in [1.807, 2.05) is 42.5 Å². The first kappa shape index (κ1) is 18.8. The Morgan fingerprint density at radius 1 is 0.966 bits per heavy atom. The molecule has 0 spiro atoms. The zero-order valence-corrected chi connectivity index (χ0v) is 16.3. The lowest BCUT2D eigenvalue weighted by Crippen LogP contribution is -2.05. The van der Waals surface area contributed by atoms with Crippen molar-refractivity contribution in [3.63, 3.8) is 0 Å². The van der Waals surface area contributed by atoms with Gasteiger partial charge in [-0.3, -0.25) is 9.59 Å². The molecule has 4 rings (SSSR count). The Labute approximate surface area is 172 Å². The molecule has 0 saturated carbocycles. The molecule has 3 aromatic carbocycles. The minimum Gasteiger partial charge on any atom is -0.450 e. The highest BCUT2D eigenvalue weighted by atomic mass is 35.5. The lowest BCUT2D eigenvalue weighted by Gasteiger charge is -2.06. The number of nitrogens with one attached hydrogen (secondary N) is 1. The molecule has 0 fully saturated rings. The van der Waals surface area contributed by atoms with Crippen LogP contribution in [0.15, 0.2) is 71.1 Å². The van der Waals surface area contributed by atoms with E-state index in [1.54, 1.807) is 24.3 Å². The van der Waals surface area contributed by atoms with Gasteiger partial charge in [-0.1, -0.05) is 41.9 Å². The van der Waals surface area contributed by atoms with Gasteiger partial charge in [0.1, 0.15) is 5.58 Å². The summed E-state index contributed by atoms with van der Waals surface area (Å²) in [6.07, 6.45) is 0. The molecule has 0 saturated heterocycles. The molecule has 0 bridgehead atoms. The Morgan fingerprint density at radius 3 is 2.48 bits per heavy atom. The molecule has 0 radical (unpaired) electrons. The Balaban J connectivity index is 1.76. The van der Waals surface area contributed by atoms with E-state index < -0.39 is 0 Å². The average Bonchev–Trinajstić information content (AvgIpc) is 3.03. The molecule has 5 nitrogen and oxygen atoms in total. The summed E-state index contributed by atoms with van der Waals surface area (Å²) in [7, 11) is 0. The summed E-state index contributed by atoms with van der Waals surface area (Å²) in [4.78, 5) is 24.2. The van der Waals surface area contributed by atoms with Crippen LogP contribution in [0.5, 0.6) is 0 Å². The highest BCUT2D eigenvalue weighted by Crippen LogP contribution is 2.34. The first-order valence-electron chi connectivity index (χ1n) is 8.93. The standard InChI is InChI=1S/C23H17ClN2O3/c1-13(27)26-16-6-4-5-14(11-16)15-9-10-18-20(12-15)29-23(21(18)25)22(28)17-7-2-3-8-19(17)24/h2-12H,25H2,1H3,(H,26,27). The van der Waals surface area contributed by atoms with Gasteiger partial charge in [0.25, 0.3) is 0 Å². The Morgan fingerprint density at radius 2 is 1.72 bits per heavy atom. The number of carbonyl (C=O) groups is 2. The number of amides is 1. The number of nitrogen functional groups attached to an aromatic ring is 1. The van der Waals surface area contributed by atoms with Crippen LogP contribution < -0.4 is 11.1 Å². The molecule has 4 aromatic rings. The SMILES string of the molecule is CC(=O)Nc1cccc(-c2ccc3c(N)c(C(=O)c4ccccc4Cl)oc3c2)c1. The Kier molecular flexibility index (Phi) is 4.82. The van der Waals surface area contributed by atoms with Gasteiger partial charge in [-0.15, -0.1) is 0 Å². The lowest BCUT2D eigenvalue weighted by molar-refractivity contribution is -0.114. The summed E-state index contributed by atoms with van der Waals surface area (Å²) in [5.74, 6) is -0.435. The highest BCUT2D eigenvalue weighted by Gasteiger charge is 2.22. The van der Waals surface area contributed by atoms with Crippen molar-refractivity contribution >= 4 is 45.6 Å². The zero-order valence-electron chi connectivity index (χ0n) is 15.5. The molecule has 0 aliphatic rings. The number of furan rings is 1. The van der Waals surface area contributed by atoms with Crippen molar-refractivity contribution in [2.24, 2.45) is 0 Å². The summed E-state index contributed by atoms with van der Waals surface area (Å²) in [6, 6.07) is 19.8. The molecular weight excluding hydrogens is 388 g/mol. The molecule has 29 heavy (non-hydrogen) atoms. The second-order valence-electron chi connectivity index (χ2n) is 6.63. The van der Waals surface area contributed by atoms with Crippen molar-refractivity contribution in [3.05, 3.63) is 83.1 Å². The van der Waals surface area contributed by atoms with Crippen molar-refractivity contribution in [3.8, 4) is 11.1 Å². The quantitative estimate of drug-likeness (QED) is 0.438. The van der Waals surface area contributed by atoms with E-state index >= 15 is 0 Å². The molecule has 144 valence electrons. The summed E-state index contributed by atoms with van der Waals surface area (Å²) in [5.41, 5.74) is 9.77. The Hall–Kier alpha value is -3.57. The number of halogens is 1. The smallest absolute Gasteiger partial charge is 0.231 e. The minimum atomic E-state index is -0.362. The summed E-state index contributed by atoms with van der Waals surface area (Å²) in [6.45, 7) is 1.46. The van der Waals surface area contributed by atoms with Gasteiger partial charge in [-0.25, -0.2) is 0 Å². The first-order chi connectivity index (χ1) is 13.9. The van der Waals surface area contributed by atoms with E-state index in [0.29, 0.717) is 27.2 Å². The topological polar surface area (TPSA) is 85.3 Å². The van der Waals surface area contributed by atoms with Gasteiger partial charge in [0, 0.05) is 23.6 Å². The third-order valence-corrected chi connectivity index (χ3v) is 4.90. The molecule has 1 amide bonds. The second kappa shape index (κ2) is 7.45. The highest BCUT2D eigenvalue weighted by molar-refractivity contribution is 6.35. The van der Waals surface area contributed by atoms with Gasteiger partial charge < -0.3 is 15.5 Å². The number of rotatable bonds is 4. The predicted octanol–water partition coefficient (Wildman–Crippen LogP) is 5.52. The lowest BCUT2D eigenvalue weighted by atomic mass is 10.0. The van der Waals surface area contributed by atoms with Crippen LogP contribution in [0.25, 0.3) is 22.1 Å². The normalized spacial score (nSPS) is 10.8. The van der Waals surface area contributed by atoms with Gasteiger partial charge in [0.2, 0.25) is 11.7 Å². The van der Waals surface area contributed by atoms with Crippen LogP contribution >= 0.6 is 11.6 Å². The van der Waals surface area contributed by atoms with Crippen LogP contribution in [0.1, 0.15) is 23.0 Å². The van der Waals surface area contributed by atoms with Crippen LogP contribution in [0, 0.1) is 0 Å². The van der Waals surface area contributed by atoms with Crippen LogP contribution in [0.3, 0.4) is 0 Å². The number of ketones is 1. The van der Waals surface area contributed by atoms with Crippen LogP contribution in [0.2, 0.25) is 5.02 Å². The van der Waals surface area contributed by atoms with Gasteiger partial charge in [0.05, 0.1) is 10.7 Å². The van der Waals surface area contributed by atoms with Gasteiger partial charge in [-0.05, 0) is 47.5 Å². The fraction of sp³-hybridized carbons (Fsp3) is 0.0435. The molecular formula is C23H17ClN2O3. The fourth-order valence-electron chi connectivity index (χ4n) is 3.21. The second-order valence-corrected chi connectivity index (χ2v) is 7.03. The van der Waals surface area contributed by atoms with E-state index in [4.69, 9.17) is 21.8 Å². The average molecular weight is 405 g/mol. The zero-order chi connectivity index (χ0) is 20.5. The summed E-state index contributed by atoms with van der Waals surface area (Å²) < 4.78 is 5.82. The predicted molar refractivity (Wildman–Crippen MR) is 115 cm³/mol. The van der Waals surface area contributed by atoms with Crippen LogP contribution in [-0.4, -0.2) is 11.7 Å². The van der Waals surface area contributed by atoms with Crippen LogP contribution in [0.4, 0.5) is 11.4 Å². The number of nitrogens with two attached hydrogens (primary N) is 1. The van der Waals surface area contributed by atoms with E-state index in [2.05, 4.69) is 5.32 Å². The van der Waals surface area contributed by atoms with Crippen molar-refractivity contribution in [2.75, 3.05) is 11.1 Å². The van der Waals surface area contributed by atoms with Crippen LogP contribution in [-0.2, 0) is 4.79 Å². The Bertz CT molecular complexity index is 1260. The van der Waals surface area contributed by atoms with Crippen molar-refractivity contribution in [1.82, 2.24) is 0 Å². The van der Waals surface area contributed by atoms with Crippen molar-refractivity contribution < 1.29 is 14.0 Å². The summed E-state index contributed by atoms with van der Waals surface area (Å²) >= 11 is 6.14. The third kappa shape index (κ3) is 3.60. The number of carbonyl (C=O) groups excluding carboxylic acids is 2. The van der Waals surface area contributed by atoms with E-state index in [-0.39, 0.29) is 23.1 Å². The van der Waals surface area contributed by atoms with Gasteiger partial charge in [-0.2, -0.15) is 0 Å². The number of benzene rings is 3. The van der Waals surface area contributed by atoms with Crippen molar-refractivity contribution in [2.45, 2.75) is 6.92 Å². The van der Waals surface area contributed by atoms with E-state index in [1.165, 1.54) is 6.92 Å². The molecule has 0 atom stereocenters. The van der Waals surface area contributed by atoms with E-state index in [9.17, 15) is 9.59 Å². The number of hydrogen-bond donors (Lipinski definition) is 2. The third-order valence-electron chi connectivity index (χ3n) is 4.57. The largest absolute Gasteiger partial charge is 0.450 e. The number of hydrogen-bond acceptors (Lipinski definition) is 4. The fourth-order valence-corrected chi connectivity index (χ4v) is 3.43. The minimum absolute atomic E-state index is 0.0669. The number of anilines is 2. The molecule has 1 heterocycles. The molecule has 0 aliphatic carbocycles. The molecule has 3 N–H and O–H groups in total. The van der Waals surface area contributed by atoms with Gasteiger partial charge in [0.15, 0.2) is 5.76 Å². The van der Waals surface area contributed by atoms with E-state index in [0.717, 1.165) is 11.1 Å². The number of fused-ring (bicyclic) bond motifs is 1. The first-order valence-corrected chi connectivity index (χ1v) is 9.31. The van der Waals surface area contributed by atoms with Crippen molar-refractivity contribution in [1.29, 1.82) is 0 Å². The molecule has 1 aromatic heterocycles.